The lowest BCUT2D eigenvalue weighted by atomic mass is 9.78. The molecule has 1 spiro atoms. The van der Waals surface area contributed by atoms with Crippen LogP contribution in [0.1, 0.15) is 26.2 Å². The van der Waals surface area contributed by atoms with Crippen molar-refractivity contribution in [1.29, 1.82) is 0 Å². The third-order valence-corrected chi connectivity index (χ3v) is 6.53. The lowest BCUT2D eigenvalue weighted by Crippen LogP contribution is -2.38. The molecule has 2 aliphatic heterocycles. The van der Waals surface area contributed by atoms with Gasteiger partial charge in [-0.2, -0.15) is 0 Å². The molecular formula is C15H23N3O2S. The SMILES string of the molecule is CCS(=O)(=O)c1ccc(N2CCC3(CCNCC3)C2)cn1. The van der Waals surface area contributed by atoms with E-state index >= 15 is 0 Å². The largest absolute Gasteiger partial charge is 0.370 e. The summed E-state index contributed by atoms with van der Waals surface area (Å²) in [6, 6.07) is 3.54. The molecule has 0 aromatic carbocycles. The summed E-state index contributed by atoms with van der Waals surface area (Å²) >= 11 is 0. The van der Waals surface area contributed by atoms with Crippen LogP contribution in [0, 0.1) is 5.41 Å². The van der Waals surface area contributed by atoms with E-state index in [9.17, 15) is 8.42 Å². The van der Waals surface area contributed by atoms with Crippen LogP contribution in [0.15, 0.2) is 23.4 Å². The number of sulfone groups is 1. The number of hydrogen-bond donors (Lipinski definition) is 1. The highest BCUT2D eigenvalue weighted by Crippen LogP contribution is 2.40. The van der Waals surface area contributed by atoms with Crippen LogP contribution in [0.5, 0.6) is 0 Å². The molecule has 0 unspecified atom stereocenters. The van der Waals surface area contributed by atoms with Crippen molar-refractivity contribution in [1.82, 2.24) is 10.3 Å². The standard InChI is InChI=1S/C15H23N3O2S/c1-2-21(19,20)14-4-3-13(11-17-14)18-10-7-15(12-18)5-8-16-9-6-15/h3-4,11,16H,2,5-10,12H2,1H3. The van der Waals surface area contributed by atoms with E-state index in [0.717, 1.165) is 31.9 Å². The molecule has 116 valence electrons. The van der Waals surface area contributed by atoms with Gasteiger partial charge in [-0.25, -0.2) is 13.4 Å². The number of nitrogens with one attached hydrogen (secondary N) is 1. The van der Waals surface area contributed by atoms with Crippen molar-refractivity contribution in [3.63, 3.8) is 0 Å². The Labute approximate surface area is 126 Å². The quantitative estimate of drug-likeness (QED) is 0.916. The Kier molecular flexibility index (Phi) is 3.92. The van der Waals surface area contributed by atoms with Gasteiger partial charge in [-0.05, 0) is 49.9 Å². The van der Waals surface area contributed by atoms with Crippen molar-refractivity contribution in [2.45, 2.75) is 31.2 Å². The number of rotatable bonds is 3. The highest BCUT2D eigenvalue weighted by Gasteiger charge is 2.38. The second kappa shape index (κ2) is 5.57. The van der Waals surface area contributed by atoms with Gasteiger partial charge in [-0.1, -0.05) is 6.92 Å². The van der Waals surface area contributed by atoms with Gasteiger partial charge in [0.15, 0.2) is 14.9 Å². The summed E-state index contributed by atoms with van der Waals surface area (Å²) in [5.41, 5.74) is 1.49. The van der Waals surface area contributed by atoms with Crippen LogP contribution in [0.3, 0.4) is 0 Å². The zero-order valence-corrected chi connectivity index (χ0v) is 13.3. The van der Waals surface area contributed by atoms with Crippen molar-refractivity contribution >= 4 is 15.5 Å². The normalized spacial score (nSPS) is 21.9. The van der Waals surface area contributed by atoms with Crippen LogP contribution in [-0.4, -0.2) is 45.3 Å². The van der Waals surface area contributed by atoms with E-state index in [1.54, 1.807) is 19.2 Å². The van der Waals surface area contributed by atoms with Gasteiger partial charge >= 0.3 is 0 Å². The van der Waals surface area contributed by atoms with E-state index in [-0.39, 0.29) is 10.8 Å². The molecule has 0 aliphatic carbocycles. The van der Waals surface area contributed by atoms with Crippen molar-refractivity contribution in [3.05, 3.63) is 18.3 Å². The second-order valence-electron chi connectivity index (χ2n) is 6.18. The summed E-state index contributed by atoms with van der Waals surface area (Å²) in [6.45, 7) is 5.98. The van der Waals surface area contributed by atoms with E-state index in [0.29, 0.717) is 5.41 Å². The van der Waals surface area contributed by atoms with Gasteiger partial charge in [-0.3, -0.25) is 0 Å². The Hall–Kier alpha value is -1.14. The van der Waals surface area contributed by atoms with E-state index in [4.69, 9.17) is 0 Å². The van der Waals surface area contributed by atoms with Gasteiger partial charge in [0.2, 0.25) is 0 Å². The molecule has 2 aliphatic rings. The lowest BCUT2D eigenvalue weighted by Gasteiger charge is -2.34. The Morgan fingerprint density at radius 1 is 1.29 bits per heavy atom. The molecule has 0 saturated carbocycles. The summed E-state index contributed by atoms with van der Waals surface area (Å²) in [5, 5.41) is 3.61. The fourth-order valence-corrected chi connectivity index (χ4v) is 4.20. The van der Waals surface area contributed by atoms with E-state index < -0.39 is 9.84 Å². The smallest absolute Gasteiger partial charge is 0.195 e. The maximum absolute atomic E-state index is 11.8. The van der Waals surface area contributed by atoms with Crippen LogP contribution in [0.25, 0.3) is 0 Å². The molecule has 3 rings (SSSR count). The van der Waals surface area contributed by atoms with Crippen LogP contribution >= 0.6 is 0 Å². The fraction of sp³-hybridized carbons (Fsp3) is 0.667. The van der Waals surface area contributed by atoms with Crippen molar-refractivity contribution in [3.8, 4) is 0 Å². The first-order chi connectivity index (χ1) is 10.0. The number of anilines is 1. The average molecular weight is 309 g/mol. The number of hydrogen-bond acceptors (Lipinski definition) is 5. The molecule has 1 N–H and O–H groups in total. The molecule has 0 bridgehead atoms. The first kappa shape index (κ1) is 14.8. The maximum atomic E-state index is 11.8. The van der Waals surface area contributed by atoms with Gasteiger partial charge in [-0.15, -0.1) is 0 Å². The van der Waals surface area contributed by atoms with E-state index in [1.807, 2.05) is 6.07 Å². The predicted molar refractivity (Wildman–Crippen MR) is 83.3 cm³/mol. The molecular weight excluding hydrogens is 286 g/mol. The summed E-state index contributed by atoms with van der Waals surface area (Å²) in [5.74, 6) is 0.0964. The van der Waals surface area contributed by atoms with Crippen molar-refractivity contribution in [2.75, 3.05) is 36.8 Å². The lowest BCUT2D eigenvalue weighted by molar-refractivity contribution is 0.232. The van der Waals surface area contributed by atoms with Gasteiger partial charge in [0.05, 0.1) is 17.6 Å². The average Bonchev–Trinajstić information content (AvgIpc) is 2.92. The zero-order chi connectivity index (χ0) is 14.9. The van der Waals surface area contributed by atoms with Crippen LogP contribution in [0.2, 0.25) is 0 Å². The Balaban J connectivity index is 1.74. The molecule has 21 heavy (non-hydrogen) atoms. The van der Waals surface area contributed by atoms with E-state index in [2.05, 4.69) is 15.2 Å². The van der Waals surface area contributed by atoms with Crippen molar-refractivity contribution < 1.29 is 8.42 Å². The first-order valence-electron chi connectivity index (χ1n) is 7.69. The highest BCUT2D eigenvalue weighted by molar-refractivity contribution is 7.91. The molecule has 0 amide bonds. The van der Waals surface area contributed by atoms with E-state index in [1.165, 1.54) is 19.3 Å². The van der Waals surface area contributed by atoms with Gasteiger partial charge < -0.3 is 10.2 Å². The molecule has 2 saturated heterocycles. The Morgan fingerprint density at radius 3 is 2.67 bits per heavy atom. The van der Waals surface area contributed by atoms with Gasteiger partial charge in [0, 0.05) is 13.1 Å². The number of nitrogens with zero attached hydrogens (tertiary/aromatic N) is 2. The predicted octanol–water partition coefficient (Wildman–Crippen LogP) is 1.46. The minimum absolute atomic E-state index is 0.0964. The van der Waals surface area contributed by atoms with Gasteiger partial charge in [0.25, 0.3) is 0 Å². The minimum atomic E-state index is -3.20. The Morgan fingerprint density at radius 2 is 2.05 bits per heavy atom. The molecule has 5 nitrogen and oxygen atoms in total. The molecule has 0 atom stereocenters. The third kappa shape index (κ3) is 2.92. The molecule has 1 aromatic rings. The fourth-order valence-electron chi connectivity index (χ4n) is 3.41. The minimum Gasteiger partial charge on any atom is -0.370 e. The third-order valence-electron chi connectivity index (χ3n) is 4.89. The number of piperidine rings is 1. The van der Waals surface area contributed by atoms with Crippen molar-refractivity contribution in [2.24, 2.45) is 5.41 Å². The summed E-state index contributed by atoms with van der Waals surface area (Å²) in [7, 11) is -3.20. The topological polar surface area (TPSA) is 62.3 Å². The number of aromatic nitrogens is 1. The Bertz CT molecular complexity index is 592. The summed E-state index contributed by atoms with van der Waals surface area (Å²) < 4.78 is 23.6. The van der Waals surface area contributed by atoms with Crippen LogP contribution in [-0.2, 0) is 9.84 Å². The highest BCUT2D eigenvalue weighted by atomic mass is 32.2. The monoisotopic (exact) mass is 309 g/mol. The first-order valence-corrected chi connectivity index (χ1v) is 9.34. The molecule has 6 heteroatoms. The molecule has 1 aromatic heterocycles. The maximum Gasteiger partial charge on any atom is 0.195 e. The molecule has 3 heterocycles. The van der Waals surface area contributed by atoms with Crippen LogP contribution < -0.4 is 10.2 Å². The summed E-state index contributed by atoms with van der Waals surface area (Å²) in [4.78, 5) is 6.51. The number of pyridine rings is 1. The molecule has 2 fully saturated rings. The zero-order valence-electron chi connectivity index (χ0n) is 12.5. The summed E-state index contributed by atoms with van der Waals surface area (Å²) in [6.07, 6.45) is 5.41. The van der Waals surface area contributed by atoms with Crippen LogP contribution in [0.4, 0.5) is 5.69 Å². The second-order valence-corrected chi connectivity index (χ2v) is 8.40. The molecule has 0 radical (unpaired) electrons. The van der Waals surface area contributed by atoms with Gasteiger partial charge in [0.1, 0.15) is 0 Å².